The van der Waals surface area contributed by atoms with Crippen LogP contribution in [-0.2, 0) is 13.0 Å². The van der Waals surface area contributed by atoms with Crippen molar-refractivity contribution in [3.8, 4) is 5.75 Å². The van der Waals surface area contributed by atoms with Gasteiger partial charge in [-0.05, 0) is 55.8 Å². The lowest BCUT2D eigenvalue weighted by Crippen LogP contribution is -2.37. The Balaban J connectivity index is 2.24. The van der Waals surface area contributed by atoms with E-state index in [-0.39, 0.29) is 21.8 Å². The number of hydrogen-bond donors (Lipinski definition) is 2. The summed E-state index contributed by atoms with van der Waals surface area (Å²) in [6.45, 7) is -11.1. The molecule has 1 fully saturated rings. The molecule has 2 N–H and O–H groups in total. The van der Waals surface area contributed by atoms with Crippen LogP contribution in [-0.4, -0.2) is 41.7 Å². The van der Waals surface area contributed by atoms with Gasteiger partial charge in [0.05, 0.1) is 19.8 Å². The molecule has 2 aromatic rings. The van der Waals surface area contributed by atoms with E-state index in [1.807, 2.05) is 0 Å². The summed E-state index contributed by atoms with van der Waals surface area (Å²) in [6, 6.07) is 8.19. The Hall–Kier alpha value is -1.95. The molecule has 0 aromatic heterocycles. The zero-order valence-corrected chi connectivity index (χ0v) is 14.7. The molecule has 0 aliphatic carbocycles. The predicted octanol–water partition coefficient (Wildman–Crippen LogP) is 3.31. The number of aryl methyl sites for hydroxylation is 1. The normalized spacial score (nSPS) is 32.2. The third-order valence-electron chi connectivity index (χ3n) is 4.03. The summed E-state index contributed by atoms with van der Waals surface area (Å²) >= 11 is 0. The van der Waals surface area contributed by atoms with Crippen molar-refractivity contribution in [3.63, 3.8) is 0 Å². The number of likely N-dealkylation sites (tertiary alicyclic amines) is 1. The third kappa shape index (κ3) is 4.86. The van der Waals surface area contributed by atoms with Crippen molar-refractivity contribution in [2.24, 2.45) is 5.89 Å². The maximum atomic E-state index is 13.3. The van der Waals surface area contributed by atoms with Crippen molar-refractivity contribution in [2.45, 2.75) is 31.9 Å². The van der Waals surface area contributed by atoms with Gasteiger partial charge in [0.2, 0.25) is 0 Å². The number of aliphatic hydroxyl groups is 2. The van der Waals surface area contributed by atoms with E-state index in [2.05, 4.69) is 0 Å². The summed E-state index contributed by atoms with van der Waals surface area (Å²) in [5.74, 6) is -4.48. The Morgan fingerprint density at radius 2 is 2.00 bits per heavy atom. The molecule has 3 rings (SSSR count). The molecule has 2 aromatic carbocycles. The molecule has 0 spiro atoms. The molecule has 146 valence electrons. The van der Waals surface area contributed by atoms with Gasteiger partial charge in [0.25, 0.3) is 0 Å². The molecule has 1 atom stereocenters. The smallest absolute Gasteiger partial charge is 0.130 e. The first kappa shape index (κ1) is 10.0. The van der Waals surface area contributed by atoms with Crippen molar-refractivity contribution in [1.29, 1.82) is 0 Å². The number of ether oxygens (including phenoxy) is 1. The summed E-state index contributed by atoms with van der Waals surface area (Å²) in [5.41, 5.74) is -0.207. The first-order valence-corrected chi connectivity index (χ1v) is 8.25. The van der Waals surface area contributed by atoms with Crippen molar-refractivity contribution in [2.75, 3.05) is 26.6 Å². The monoisotopic (exact) mass is 384 g/mol. The molecule has 1 saturated heterocycles. The van der Waals surface area contributed by atoms with Crippen LogP contribution in [0.5, 0.6) is 5.75 Å². The molecule has 1 heterocycles. The molecule has 0 saturated carbocycles. The van der Waals surface area contributed by atoms with Gasteiger partial charge in [-0.1, -0.05) is 30.3 Å². The van der Waals surface area contributed by atoms with E-state index in [0.29, 0.717) is 0 Å². The number of para-hydroxylation sites is 1. The van der Waals surface area contributed by atoms with Gasteiger partial charge in [-0.2, -0.15) is 0 Å². The zero-order chi connectivity index (χ0) is 29.1. The summed E-state index contributed by atoms with van der Waals surface area (Å²) in [7, 11) is 1.15. The Labute approximate surface area is 175 Å². The molecule has 0 unspecified atom stereocenters. The van der Waals surface area contributed by atoms with Gasteiger partial charge in [-0.3, -0.25) is 0 Å². The van der Waals surface area contributed by atoms with E-state index >= 15 is 0 Å². The fourth-order valence-corrected chi connectivity index (χ4v) is 2.63. The predicted molar refractivity (Wildman–Crippen MR) is 103 cm³/mol. The van der Waals surface area contributed by atoms with Crippen molar-refractivity contribution in [1.82, 2.24) is 4.90 Å². The molecule has 4 nitrogen and oxygen atoms in total. The van der Waals surface area contributed by atoms with Crippen LogP contribution >= 0.6 is 0 Å². The van der Waals surface area contributed by atoms with Crippen LogP contribution in [0.4, 0.5) is 4.39 Å². The standard InChI is InChI=1S/C22H28FNO3/c1-27-22-18(15-25)3-2-4-20(22)21(26)17-10-13-24(14-11-17)12-9-16-5-7-19(23)8-6-16/h2-8,17,21,25-26H,9-15H2,1H3/t21-/m1/s1/i10D2,11D2,12D2,13D2,14D2,17D. The first-order chi connectivity index (χ1) is 17.3. The minimum Gasteiger partial charge on any atom is -0.496 e. The average molecular weight is 385 g/mol. The van der Waals surface area contributed by atoms with Crippen molar-refractivity contribution < 1.29 is 34.4 Å². The van der Waals surface area contributed by atoms with Gasteiger partial charge >= 0.3 is 0 Å². The molecule has 27 heavy (non-hydrogen) atoms. The highest BCUT2D eigenvalue weighted by molar-refractivity contribution is 5.42. The van der Waals surface area contributed by atoms with Crippen molar-refractivity contribution >= 4 is 0 Å². The molecular weight excluding hydrogens is 345 g/mol. The second-order valence-electron chi connectivity index (χ2n) is 5.78. The van der Waals surface area contributed by atoms with Gasteiger partial charge in [0.1, 0.15) is 11.6 Å². The Kier molecular flexibility index (Phi) is 3.45. The van der Waals surface area contributed by atoms with Gasteiger partial charge in [0.15, 0.2) is 0 Å². The lowest BCUT2D eigenvalue weighted by molar-refractivity contribution is 0.0573. The third-order valence-corrected chi connectivity index (χ3v) is 4.03. The lowest BCUT2D eigenvalue weighted by Gasteiger charge is -2.34. The van der Waals surface area contributed by atoms with E-state index in [1.54, 1.807) is 0 Å². The first-order valence-electron chi connectivity index (χ1n) is 13.7. The highest BCUT2D eigenvalue weighted by atomic mass is 19.1. The minimum atomic E-state index is -3.76. The van der Waals surface area contributed by atoms with E-state index in [4.69, 9.17) is 19.8 Å². The maximum Gasteiger partial charge on any atom is 0.130 e. The second kappa shape index (κ2) is 9.31. The Morgan fingerprint density at radius 1 is 1.30 bits per heavy atom. The van der Waals surface area contributed by atoms with Crippen LogP contribution in [0.2, 0.25) is 0 Å². The van der Waals surface area contributed by atoms with Crippen LogP contribution in [0.25, 0.3) is 0 Å². The summed E-state index contributed by atoms with van der Waals surface area (Å²) in [6.07, 6.45) is -10.8. The average Bonchev–Trinajstić information content (AvgIpc) is 2.81. The highest BCUT2D eigenvalue weighted by Gasteiger charge is 2.28. The van der Waals surface area contributed by atoms with Crippen LogP contribution in [0.3, 0.4) is 0 Å². The minimum absolute atomic E-state index is 0.0906. The number of benzene rings is 2. The van der Waals surface area contributed by atoms with Gasteiger partial charge in [-0.25, -0.2) is 4.39 Å². The largest absolute Gasteiger partial charge is 0.496 e. The maximum absolute atomic E-state index is 13.3. The van der Waals surface area contributed by atoms with E-state index in [9.17, 15) is 14.6 Å². The number of aliphatic hydroxyl groups excluding tert-OH is 2. The number of nitrogens with zero attached hydrogens (tertiary/aromatic N) is 1. The molecule has 1 aliphatic heterocycles. The fraction of sp³-hybridized carbons (Fsp3) is 0.455. The highest BCUT2D eigenvalue weighted by Crippen LogP contribution is 2.37. The Bertz CT molecular complexity index is 1150. The number of piperidine rings is 1. The second-order valence-corrected chi connectivity index (χ2v) is 5.78. The quantitative estimate of drug-likeness (QED) is 0.769. The van der Waals surface area contributed by atoms with Crippen LogP contribution in [0.1, 0.15) is 50.6 Å². The summed E-state index contributed by atoms with van der Waals surface area (Å²) < 4.78 is 113. The number of rotatable bonds is 7. The molecule has 5 heteroatoms. The molecule has 0 bridgehead atoms. The van der Waals surface area contributed by atoms with Crippen LogP contribution in [0.15, 0.2) is 42.5 Å². The van der Waals surface area contributed by atoms with Gasteiger partial charge in [-0.15, -0.1) is 0 Å². The van der Waals surface area contributed by atoms with Crippen LogP contribution < -0.4 is 4.74 Å². The number of methoxy groups -OCH3 is 1. The molecule has 1 aliphatic rings. The molecule has 0 radical (unpaired) electrons. The SMILES string of the molecule is [2H]C([2H])(Cc1ccc(F)cc1)N1C([2H])([2H])C([2H])([2H])C([2H])([C@@H](O)c2cccc(CO)c2OC)C([2H])([2H])C1([2H])[2H]. The van der Waals surface area contributed by atoms with Gasteiger partial charge in [0, 0.05) is 32.7 Å². The van der Waals surface area contributed by atoms with Gasteiger partial charge < -0.3 is 19.8 Å². The Morgan fingerprint density at radius 3 is 2.63 bits per heavy atom. The number of halogens is 1. The van der Waals surface area contributed by atoms with E-state index in [1.165, 1.54) is 24.3 Å². The summed E-state index contributed by atoms with van der Waals surface area (Å²) in [5, 5.41) is 20.9. The van der Waals surface area contributed by atoms with E-state index < -0.39 is 68.6 Å². The van der Waals surface area contributed by atoms with E-state index in [0.717, 1.165) is 25.3 Å². The van der Waals surface area contributed by atoms with Crippen LogP contribution in [0, 0.1) is 11.7 Å². The topological polar surface area (TPSA) is 52.9 Å². The fourth-order valence-electron chi connectivity index (χ4n) is 2.63. The number of hydrogen-bond acceptors (Lipinski definition) is 4. The molecule has 0 amide bonds. The van der Waals surface area contributed by atoms with Crippen molar-refractivity contribution in [3.05, 3.63) is 65.0 Å². The lowest BCUT2D eigenvalue weighted by atomic mass is 9.86. The summed E-state index contributed by atoms with van der Waals surface area (Å²) in [4.78, 5) is -0.225. The molecular formula is C22H28FNO3. The zero-order valence-electron chi connectivity index (χ0n) is 25.7.